The summed E-state index contributed by atoms with van der Waals surface area (Å²) in [5.74, 6) is 0.481. The third-order valence-corrected chi connectivity index (χ3v) is 3.47. The zero-order valence-corrected chi connectivity index (χ0v) is 12.6. The van der Waals surface area contributed by atoms with Crippen molar-refractivity contribution in [3.05, 3.63) is 71.3 Å². The van der Waals surface area contributed by atoms with Gasteiger partial charge >= 0.3 is 6.18 Å². The summed E-state index contributed by atoms with van der Waals surface area (Å²) in [6.07, 6.45) is -4.04. The van der Waals surface area contributed by atoms with Gasteiger partial charge in [0.05, 0.1) is 5.56 Å². The summed E-state index contributed by atoms with van der Waals surface area (Å²) in [7, 11) is 0. The largest absolute Gasteiger partial charge is 0.416 e. The predicted octanol–water partition coefficient (Wildman–Crippen LogP) is 5.44. The van der Waals surface area contributed by atoms with Gasteiger partial charge in [-0.15, -0.1) is 11.6 Å². The van der Waals surface area contributed by atoms with E-state index in [1.807, 2.05) is 30.3 Å². The molecule has 118 valence electrons. The van der Waals surface area contributed by atoms with Gasteiger partial charge in [-0.05, 0) is 29.7 Å². The molecule has 0 saturated heterocycles. The van der Waals surface area contributed by atoms with Gasteiger partial charge < -0.3 is 4.74 Å². The molecule has 0 aliphatic carbocycles. The van der Waals surface area contributed by atoms with Crippen molar-refractivity contribution in [1.82, 2.24) is 0 Å². The molecular weight excluding hydrogens is 313 g/mol. The Morgan fingerprint density at radius 3 is 2.05 bits per heavy atom. The molecule has 2 aromatic carbocycles. The Morgan fingerprint density at radius 2 is 1.50 bits per heavy atom. The van der Waals surface area contributed by atoms with Crippen LogP contribution in [0, 0.1) is 0 Å². The van der Waals surface area contributed by atoms with Crippen molar-refractivity contribution in [3.63, 3.8) is 0 Å². The van der Waals surface area contributed by atoms with Crippen molar-refractivity contribution in [1.29, 1.82) is 0 Å². The number of rotatable bonds is 6. The van der Waals surface area contributed by atoms with E-state index in [1.165, 1.54) is 12.1 Å². The molecule has 0 fully saturated rings. The molecule has 0 aliphatic rings. The fourth-order valence-corrected chi connectivity index (χ4v) is 2.22. The maximum Gasteiger partial charge on any atom is 0.416 e. The molecule has 0 heterocycles. The van der Waals surface area contributed by atoms with Crippen LogP contribution in [0.15, 0.2) is 54.6 Å². The zero-order valence-electron chi connectivity index (χ0n) is 11.8. The first-order chi connectivity index (χ1) is 10.5. The lowest BCUT2D eigenvalue weighted by atomic mass is 10.00. The van der Waals surface area contributed by atoms with Crippen LogP contribution in [-0.2, 0) is 10.9 Å². The Bertz CT molecular complexity index is 567. The van der Waals surface area contributed by atoms with Crippen molar-refractivity contribution in [2.45, 2.75) is 18.7 Å². The van der Waals surface area contributed by atoms with Gasteiger partial charge in [-0.25, -0.2) is 0 Å². The topological polar surface area (TPSA) is 9.23 Å². The smallest absolute Gasteiger partial charge is 0.369 e. The summed E-state index contributed by atoms with van der Waals surface area (Å²) < 4.78 is 43.8. The fraction of sp³-hybridized carbons (Fsp3) is 0.294. The quantitative estimate of drug-likeness (QED) is 0.507. The summed E-state index contributed by atoms with van der Waals surface area (Å²) in [5.41, 5.74) is 0.925. The molecule has 0 saturated carbocycles. The van der Waals surface area contributed by atoms with E-state index in [-0.39, 0.29) is 0 Å². The van der Waals surface area contributed by atoms with Crippen LogP contribution in [0.1, 0.15) is 29.2 Å². The molecule has 2 rings (SSSR count). The van der Waals surface area contributed by atoms with Crippen LogP contribution >= 0.6 is 11.6 Å². The minimum atomic E-state index is -4.33. The SMILES string of the molecule is FC(F)(F)c1ccc(C(OCCCCl)c2ccccc2)cc1. The Kier molecular flexibility index (Phi) is 5.86. The maximum absolute atomic E-state index is 12.6. The zero-order chi connectivity index (χ0) is 16.0. The lowest BCUT2D eigenvalue weighted by Crippen LogP contribution is -2.09. The standard InChI is InChI=1S/C17H16ClF3O/c18-11-4-12-22-16(13-5-2-1-3-6-13)14-7-9-15(10-8-14)17(19,20)21/h1-3,5-10,16H,4,11-12H2. The normalized spacial score (nSPS) is 13.1. The third kappa shape index (κ3) is 4.49. The average molecular weight is 329 g/mol. The molecule has 0 bridgehead atoms. The van der Waals surface area contributed by atoms with Crippen LogP contribution in [0.3, 0.4) is 0 Å². The first-order valence-corrected chi connectivity index (χ1v) is 7.45. The summed E-state index contributed by atoms with van der Waals surface area (Å²) >= 11 is 5.64. The first-order valence-electron chi connectivity index (χ1n) is 6.92. The van der Waals surface area contributed by atoms with Crippen LogP contribution in [0.25, 0.3) is 0 Å². The van der Waals surface area contributed by atoms with E-state index in [1.54, 1.807) is 0 Å². The number of ether oxygens (including phenoxy) is 1. The summed E-state index contributed by atoms with van der Waals surface area (Å²) in [5, 5.41) is 0. The van der Waals surface area contributed by atoms with Crippen LogP contribution in [0.4, 0.5) is 13.2 Å². The maximum atomic E-state index is 12.6. The highest BCUT2D eigenvalue weighted by molar-refractivity contribution is 6.17. The predicted molar refractivity (Wildman–Crippen MR) is 81.0 cm³/mol. The van der Waals surface area contributed by atoms with E-state index >= 15 is 0 Å². The van der Waals surface area contributed by atoms with Crippen molar-refractivity contribution in [2.75, 3.05) is 12.5 Å². The molecule has 1 unspecified atom stereocenters. The molecule has 0 aliphatic heterocycles. The second kappa shape index (κ2) is 7.65. The highest BCUT2D eigenvalue weighted by Gasteiger charge is 2.30. The van der Waals surface area contributed by atoms with Gasteiger partial charge in [0, 0.05) is 12.5 Å². The van der Waals surface area contributed by atoms with Crippen molar-refractivity contribution < 1.29 is 17.9 Å². The first kappa shape index (κ1) is 16.8. The summed E-state index contributed by atoms with van der Waals surface area (Å²) in [6.45, 7) is 0.448. The van der Waals surface area contributed by atoms with Crippen LogP contribution in [0.5, 0.6) is 0 Å². The van der Waals surface area contributed by atoms with Crippen LogP contribution < -0.4 is 0 Å². The van der Waals surface area contributed by atoms with Gasteiger partial charge in [-0.1, -0.05) is 42.5 Å². The monoisotopic (exact) mass is 328 g/mol. The third-order valence-electron chi connectivity index (χ3n) is 3.21. The average Bonchev–Trinajstić information content (AvgIpc) is 2.52. The lowest BCUT2D eigenvalue weighted by Gasteiger charge is -2.19. The number of benzene rings is 2. The lowest BCUT2D eigenvalue weighted by molar-refractivity contribution is -0.137. The Morgan fingerprint density at radius 1 is 0.909 bits per heavy atom. The number of hydrogen-bond donors (Lipinski definition) is 0. The van der Waals surface area contributed by atoms with Crippen molar-refractivity contribution in [2.24, 2.45) is 0 Å². The van der Waals surface area contributed by atoms with E-state index in [4.69, 9.17) is 16.3 Å². The second-order valence-electron chi connectivity index (χ2n) is 4.82. The molecule has 2 aromatic rings. The van der Waals surface area contributed by atoms with Crippen LogP contribution in [-0.4, -0.2) is 12.5 Å². The molecule has 22 heavy (non-hydrogen) atoms. The van der Waals surface area contributed by atoms with E-state index in [9.17, 15) is 13.2 Å². The summed E-state index contributed by atoms with van der Waals surface area (Å²) in [6, 6.07) is 14.5. The van der Waals surface area contributed by atoms with Gasteiger partial charge in [0.1, 0.15) is 6.10 Å². The van der Waals surface area contributed by atoms with Crippen LogP contribution in [0.2, 0.25) is 0 Å². The van der Waals surface area contributed by atoms with Gasteiger partial charge in [0.15, 0.2) is 0 Å². The molecule has 0 spiro atoms. The molecule has 1 nitrogen and oxygen atoms in total. The van der Waals surface area contributed by atoms with E-state index in [2.05, 4.69) is 0 Å². The highest BCUT2D eigenvalue weighted by atomic mass is 35.5. The Balaban J connectivity index is 2.25. The van der Waals surface area contributed by atoms with Gasteiger partial charge in [0.25, 0.3) is 0 Å². The minimum Gasteiger partial charge on any atom is -0.369 e. The molecule has 1 atom stereocenters. The Labute approximate surface area is 132 Å². The number of halogens is 4. The van der Waals surface area contributed by atoms with Gasteiger partial charge in [-0.3, -0.25) is 0 Å². The number of alkyl halides is 4. The molecule has 0 radical (unpaired) electrons. The van der Waals surface area contributed by atoms with E-state index in [0.29, 0.717) is 24.5 Å². The van der Waals surface area contributed by atoms with E-state index in [0.717, 1.165) is 17.7 Å². The van der Waals surface area contributed by atoms with E-state index < -0.39 is 17.8 Å². The van der Waals surface area contributed by atoms with Gasteiger partial charge in [0.2, 0.25) is 0 Å². The number of hydrogen-bond acceptors (Lipinski definition) is 1. The molecule has 0 amide bonds. The van der Waals surface area contributed by atoms with Gasteiger partial charge in [-0.2, -0.15) is 13.2 Å². The van der Waals surface area contributed by atoms with Crippen molar-refractivity contribution >= 4 is 11.6 Å². The molecular formula is C17H16ClF3O. The van der Waals surface area contributed by atoms with Crippen molar-refractivity contribution in [3.8, 4) is 0 Å². The Hall–Kier alpha value is -1.52. The molecule has 5 heteroatoms. The second-order valence-corrected chi connectivity index (χ2v) is 5.20. The summed E-state index contributed by atoms with van der Waals surface area (Å²) in [4.78, 5) is 0. The molecule has 0 N–H and O–H groups in total. The molecule has 0 aromatic heterocycles. The minimum absolute atomic E-state index is 0.397. The highest BCUT2D eigenvalue weighted by Crippen LogP contribution is 2.32. The fourth-order valence-electron chi connectivity index (χ4n) is 2.12.